The largest absolute Gasteiger partial charge is 0.383 e. The number of carbonyl (C=O) groups is 1. The van der Waals surface area contributed by atoms with Crippen LogP contribution in [-0.4, -0.2) is 56.9 Å². The number of likely N-dealkylation sites (tertiary alicyclic amines) is 1. The minimum Gasteiger partial charge on any atom is -0.383 e. The van der Waals surface area contributed by atoms with Crippen molar-refractivity contribution in [3.8, 4) is 0 Å². The number of imidazole rings is 1. The van der Waals surface area contributed by atoms with Crippen LogP contribution >= 0.6 is 0 Å². The average molecular weight is 317 g/mol. The highest BCUT2D eigenvalue weighted by molar-refractivity contribution is 5.93. The van der Waals surface area contributed by atoms with Crippen LogP contribution in [0.15, 0.2) is 24.8 Å². The predicted octanol–water partition coefficient (Wildman–Crippen LogP) is 1.28. The van der Waals surface area contributed by atoms with E-state index in [0.717, 1.165) is 38.3 Å². The number of ether oxygens (including phenoxy) is 1. The second kappa shape index (κ2) is 6.95. The Morgan fingerprint density at radius 2 is 2.17 bits per heavy atom. The first-order valence-corrected chi connectivity index (χ1v) is 7.97. The minimum absolute atomic E-state index is 0.0688. The zero-order valence-electron chi connectivity index (χ0n) is 13.7. The van der Waals surface area contributed by atoms with E-state index in [4.69, 9.17) is 4.74 Å². The van der Waals surface area contributed by atoms with Crippen molar-refractivity contribution in [2.24, 2.45) is 7.05 Å². The second-order valence-electron chi connectivity index (χ2n) is 5.94. The summed E-state index contributed by atoms with van der Waals surface area (Å²) >= 11 is 0. The highest BCUT2D eigenvalue weighted by Gasteiger charge is 2.27. The lowest BCUT2D eigenvalue weighted by Crippen LogP contribution is -2.38. The van der Waals surface area contributed by atoms with Crippen molar-refractivity contribution in [1.82, 2.24) is 24.2 Å². The molecule has 2 aromatic rings. The Bertz CT molecular complexity index is 655. The summed E-state index contributed by atoms with van der Waals surface area (Å²) in [6, 6.07) is 0. The Morgan fingerprint density at radius 1 is 1.39 bits per heavy atom. The van der Waals surface area contributed by atoms with Gasteiger partial charge in [-0.2, -0.15) is 5.10 Å². The van der Waals surface area contributed by atoms with Gasteiger partial charge in [-0.15, -0.1) is 0 Å². The van der Waals surface area contributed by atoms with Gasteiger partial charge in [-0.05, 0) is 12.8 Å². The number of nitrogens with zero attached hydrogens (tertiary/aromatic N) is 5. The monoisotopic (exact) mass is 317 g/mol. The van der Waals surface area contributed by atoms with Crippen LogP contribution < -0.4 is 0 Å². The summed E-state index contributed by atoms with van der Waals surface area (Å²) in [5.41, 5.74) is 0.660. The Balaban J connectivity index is 1.60. The van der Waals surface area contributed by atoms with Crippen molar-refractivity contribution in [3.05, 3.63) is 36.2 Å². The van der Waals surface area contributed by atoms with E-state index in [0.29, 0.717) is 18.1 Å². The third kappa shape index (κ3) is 3.44. The summed E-state index contributed by atoms with van der Waals surface area (Å²) in [5, 5.41) is 4.07. The molecule has 0 unspecified atom stereocenters. The highest BCUT2D eigenvalue weighted by atomic mass is 16.5. The number of hydrogen-bond donors (Lipinski definition) is 0. The van der Waals surface area contributed by atoms with Gasteiger partial charge in [0.25, 0.3) is 5.91 Å². The van der Waals surface area contributed by atoms with Crippen molar-refractivity contribution in [3.63, 3.8) is 0 Å². The minimum atomic E-state index is 0.0688. The molecule has 0 bridgehead atoms. The number of amides is 1. The van der Waals surface area contributed by atoms with Crippen molar-refractivity contribution in [2.75, 3.05) is 26.8 Å². The zero-order valence-corrected chi connectivity index (χ0v) is 13.7. The number of aromatic nitrogens is 4. The molecule has 2 aromatic heterocycles. The maximum absolute atomic E-state index is 12.4. The molecule has 7 heteroatoms. The zero-order chi connectivity index (χ0) is 16.2. The standard InChI is InChI=1S/C16H23N5O2/c1-19-12-14(11-18-19)16(22)21-6-3-13(4-7-21)15-17-5-8-20(15)9-10-23-2/h5,8,11-13H,3-4,6-7,9-10H2,1-2H3. The van der Waals surface area contributed by atoms with Gasteiger partial charge in [0, 0.05) is 58.3 Å². The smallest absolute Gasteiger partial charge is 0.257 e. The van der Waals surface area contributed by atoms with Crippen molar-refractivity contribution in [1.29, 1.82) is 0 Å². The molecular formula is C16H23N5O2. The summed E-state index contributed by atoms with van der Waals surface area (Å²) in [6.45, 7) is 3.02. The molecule has 0 radical (unpaired) electrons. The van der Waals surface area contributed by atoms with Crippen LogP contribution in [-0.2, 0) is 18.3 Å². The van der Waals surface area contributed by atoms with Crippen molar-refractivity contribution < 1.29 is 9.53 Å². The van der Waals surface area contributed by atoms with Crippen LogP contribution in [0.1, 0.15) is 34.9 Å². The lowest BCUT2D eigenvalue weighted by Gasteiger charge is -2.31. The van der Waals surface area contributed by atoms with Crippen molar-refractivity contribution >= 4 is 5.91 Å². The third-order valence-corrected chi connectivity index (χ3v) is 4.38. The fraction of sp³-hybridized carbons (Fsp3) is 0.562. The van der Waals surface area contributed by atoms with Crippen LogP contribution in [0, 0.1) is 0 Å². The van der Waals surface area contributed by atoms with E-state index in [1.165, 1.54) is 0 Å². The van der Waals surface area contributed by atoms with Crippen LogP contribution in [0.25, 0.3) is 0 Å². The van der Waals surface area contributed by atoms with Gasteiger partial charge in [0.15, 0.2) is 0 Å². The first-order valence-electron chi connectivity index (χ1n) is 7.97. The maximum Gasteiger partial charge on any atom is 0.257 e. The van der Waals surface area contributed by atoms with Gasteiger partial charge < -0.3 is 14.2 Å². The normalized spacial score (nSPS) is 16.0. The predicted molar refractivity (Wildman–Crippen MR) is 85.2 cm³/mol. The molecule has 3 heterocycles. The number of hydrogen-bond acceptors (Lipinski definition) is 4. The molecule has 1 saturated heterocycles. The Kier molecular flexibility index (Phi) is 4.76. The van der Waals surface area contributed by atoms with Gasteiger partial charge in [0.2, 0.25) is 0 Å². The molecule has 0 spiro atoms. The van der Waals surface area contributed by atoms with Gasteiger partial charge in [0.1, 0.15) is 5.82 Å². The molecule has 1 aliphatic rings. The lowest BCUT2D eigenvalue weighted by atomic mass is 9.95. The first-order chi connectivity index (χ1) is 11.2. The summed E-state index contributed by atoms with van der Waals surface area (Å²) in [7, 11) is 3.53. The van der Waals surface area contributed by atoms with E-state index in [9.17, 15) is 4.79 Å². The molecule has 0 aliphatic carbocycles. The van der Waals surface area contributed by atoms with E-state index in [2.05, 4.69) is 14.6 Å². The van der Waals surface area contributed by atoms with E-state index in [1.807, 2.05) is 24.3 Å². The van der Waals surface area contributed by atoms with Gasteiger partial charge in [-0.3, -0.25) is 9.48 Å². The Morgan fingerprint density at radius 3 is 2.83 bits per heavy atom. The Hall–Kier alpha value is -2.15. The molecule has 0 saturated carbocycles. The number of methoxy groups -OCH3 is 1. The van der Waals surface area contributed by atoms with Gasteiger partial charge >= 0.3 is 0 Å². The molecule has 124 valence electrons. The van der Waals surface area contributed by atoms with Crippen LogP contribution in [0.4, 0.5) is 0 Å². The van der Waals surface area contributed by atoms with Crippen LogP contribution in [0.5, 0.6) is 0 Å². The molecule has 0 atom stereocenters. The van der Waals surface area contributed by atoms with E-state index >= 15 is 0 Å². The number of aryl methyl sites for hydroxylation is 1. The molecule has 3 rings (SSSR count). The molecule has 7 nitrogen and oxygen atoms in total. The third-order valence-electron chi connectivity index (χ3n) is 4.38. The highest BCUT2D eigenvalue weighted by Crippen LogP contribution is 2.27. The summed E-state index contributed by atoms with van der Waals surface area (Å²) in [5.74, 6) is 1.58. The van der Waals surface area contributed by atoms with E-state index < -0.39 is 0 Å². The molecule has 23 heavy (non-hydrogen) atoms. The van der Waals surface area contributed by atoms with E-state index in [-0.39, 0.29) is 5.91 Å². The quantitative estimate of drug-likeness (QED) is 0.833. The summed E-state index contributed by atoms with van der Waals surface area (Å²) in [4.78, 5) is 18.9. The maximum atomic E-state index is 12.4. The van der Waals surface area contributed by atoms with Gasteiger partial charge in [-0.25, -0.2) is 4.98 Å². The topological polar surface area (TPSA) is 65.2 Å². The molecule has 0 N–H and O–H groups in total. The van der Waals surface area contributed by atoms with Crippen LogP contribution in [0.3, 0.4) is 0 Å². The SMILES string of the molecule is COCCn1ccnc1C1CCN(C(=O)c2cnn(C)c2)CC1. The molecular weight excluding hydrogens is 294 g/mol. The second-order valence-corrected chi connectivity index (χ2v) is 5.94. The number of carbonyl (C=O) groups excluding carboxylic acids is 1. The lowest BCUT2D eigenvalue weighted by molar-refractivity contribution is 0.0710. The molecule has 1 fully saturated rings. The number of piperidine rings is 1. The molecule has 1 amide bonds. The van der Waals surface area contributed by atoms with Gasteiger partial charge in [-0.1, -0.05) is 0 Å². The van der Waals surface area contributed by atoms with Crippen LogP contribution in [0.2, 0.25) is 0 Å². The average Bonchev–Trinajstić information content (AvgIpc) is 3.21. The van der Waals surface area contributed by atoms with Gasteiger partial charge in [0.05, 0.1) is 18.4 Å². The fourth-order valence-corrected chi connectivity index (χ4v) is 3.11. The molecule has 0 aromatic carbocycles. The first kappa shape index (κ1) is 15.7. The summed E-state index contributed by atoms with van der Waals surface area (Å²) in [6.07, 6.45) is 9.13. The fourth-order valence-electron chi connectivity index (χ4n) is 3.11. The number of rotatable bonds is 5. The summed E-state index contributed by atoms with van der Waals surface area (Å²) < 4.78 is 8.97. The molecule has 1 aliphatic heterocycles. The Labute approximate surface area is 135 Å². The van der Waals surface area contributed by atoms with E-state index in [1.54, 1.807) is 24.2 Å². The van der Waals surface area contributed by atoms with Crippen molar-refractivity contribution in [2.45, 2.75) is 25.3 Å².